The van der Waals surface area contributed by atoms with Gasteiger partial charge in [0.2, 0.25) is 0 Å². The molecule has 1 N–H and O–H groups in total. The number of rotatable bonds is 5. The molecule has 0 radical (unpaired) electrons. The Labute approximate surface area is 98.1 Å². The van der Waals surface area contributed by atoms with E-state index >= 15 is 0 Å². The molecule has 0 heterocycles. The van der Waals surface area contributed by atoms with Gasteiger partial charge in [-0.25, -0.2) is 0 Å². The summed E-state index contributed by atoms with van der Waals surface area (Å²) in [5.74, 6) is 0. The second-order valence-corrected chi connectivity index (χ2v) is 4.77. The minimum absolute atomic E-state index is 0. The van der Waals surface area contributed by atoms with Crippen LogP contribution in [0.15, 0.2) is 24.9 Å². The van der Waals surface area contributed by atoms with Crippen LogP contribution < -0.4 is 5.32 Å². The quantitative estimate of drug-likeness (QED) is 0.649. The zero-order valence-electron chi connectivity index (χ0n) is 11.7. The molecule has 0 saturated heterocycles. The normalized spacial score (nSPS) is 11.1. The van der Waals surface area contributed by atoms with Crippen molar-refractivity contribution < 1.29 is 1.43 Å². The molecule has 0 atom stereocenters. The fourth-order valence-corrected chi connectivity index (χ4v) is 0.781. The number of hydrogen-bond donors (Lipinski definition) is 1. The SMILES string of the molecule is C=CC(C)(C)C(=C)NC(C)(C)CC.CC.[HH]. The summed E-state index contributed by atoms with van der Waals surface area (Å²) in [5.41, 5.74) is 1.12. The molecular formula is C14H31N. The van der Waals surface area contributed by atoms with Crippen LogP contribution >= 0.6 is 0 Å². The number of allylic oxidation sites excluding steroid dienone is 1. The van der Waals surface area contributed by atoms with Gasteiger partial charge in [-0.2, -0.15) is 0 Å². The zero-order chi connectivity index (χ0) is 12.7. The lowest BCUT2D eigenvalue weighted by Crippen LogP contribution is -2.41. The Morgan fingerprint density at radius 1 is 1.27 bits per heavy atom. The highest BCUT2D eigenvalue weighted by Gasteiger charge is 2.22. The summed E-state index contributed by atoms with van der Waals surface area (Å²) in [7, 11) is 0. The summed E-state index contributed by atoms with van der Waals surface area (Å²) in [6, 6.07) is 0. The van der Waals surface area contributed by atoms with Crippen molar-refractivity contribution in [3.63, 3.8) is 0 Å². The molecule has 0 unspecified atom stereocenters. The Hall–Kier alpha value is -0.720. The molecule has 0 aliphatic heterocycles. The maximum Gasteiger partial charge on any atom is 0.0312 e. The third-order valence-electron chi connectivity index (χ3n) is 2.66. The van der Waals surface area contributed by atoms with Crippen LogP contribution in [0.2, 0.25) is 0 Å². The average Bonchev–Trinajstić information content (AvgIpc) is 2.20. The van der Waals surface area contributed by atoms with Gasteiger partial charge < -0.3 is 5.32 Å². The van der Waals surface area contributed by atoms with Crippen molar-refractivity contribution in [2.75, 3.05) is 0 Å². The van der Waals surface area contributed by atoms with E-state index in [4.69, 9.17) is 0 Å². The molecule has 0 aliphatic rings. The van der Waals surface area contributed by atoms with E-state index in [0.717, 1.165) is 12.1 Å². The van der Waals surface area contributed by atoms with Gasteiger partial charge in [-0.1, -0.05) is 47.3 Å². The summed E-state index contributed by atoms with van der Waals surface area (Å²) in [6.07, 6.45) is 3.01. The third-order valence-corrected chi connectivity index (χ3v) is 2.66. The molecule has 0 spiro atoms. The topological polar surface area (TPSA) is 12.0 Å². The van der Waals surface area contributed by atoms with Gasteiger partial charge >= 0.3 is 0 Å². The van der Waals surface area contributed by atoms with E-state index in [1.54, 1.807) is 0 Å². The van der Waals surface area contributed by atoms with Gasteiger partial charge in [0, 0.05) is 18.1 Å². The van der Waals surface area contributed by atoms with Gasteiger partial charge in [-0.3, -0.25) is 0 Å². The summed E-state index contributed by atoms with van der Waals surface area (Å²) >= 11 is 0. The summed E-state index contributed by atoms with van der Waals surface area (Å²) in [4.78, 5) is 0. The highest BCUT2D eigenvalue weighted by Crippen LogP contribution is 2.26. The smallest absolute Gasteiger partial charge is 0.0312 e. The molecule has 0 saturated carbocycles. The van der Waals surface area contributed by atoms with Gasteiger partial charge in [-0.05, 0) is 20.3 Å². The Bertz CT molecular complexity index is 205. The minimum Gasteiger partial charge on any atom is -0.383 e. The summed E-state index contributed by atoms with van der Waals surface area (Å²) in [5, 5.41) is 3.43. The van der Waals surface area contributed by atoms with Gasteiger partial charge in [0.1, 0.15) is 0 Å². The molecule has 0 fully saturated rings. The second kappa shape index (κ2) is 6.71. The van der Waals surface area contributed by atoms with Gasteiger partial charge in [0.05, 0.1) is 0 Å². The van der Waals surface area contributed by atoms with Crippen LogP contribution in [0.5, 0.6) is 0 Å². The molecule has 15 heavy (non-hydrogen) atoms. The zero-order valence-corrected chi connectivity index (χ0v) is 11.7. The first-order valence-corrected chi connectivity index (χ1v) is 5.86. The van der Waals surface area contributed by atoms with Crippen molar-refractivity contribution in [3.8, 4) is 0 Å². The maximum atomic E-state index is 4.05. The van der Waals surface area contributed by atoms with Crippen molar-refractivity contribution in [3.05, 3.63) is 24.9 Å². The molecule has 0 rings (SSSR count). The molecular weight excluding hydrogens is 182 g/mol. The third kappa shape index (κ3) is 6.38. The fourth-order valence-electron chi connectivity index (χ4n) is 0.781. The van der Waals surface area contributed by atoms with Crippen LogP contribution in [-0.4, -0.2) is 5.54 Å². The van der Waals surface area contributed by atoms with Crippen LogP contribution in [0.3, 0.4) is 0 Å². The largest absolute Gasteiger partial charge is 0.383 e. The van der Waals surface area contributed by atoms with Crippen LogP contribution in [0, 0.1) is 5.41 Å². The molecule has 1 nitrogen and oxygen atoms in total. The van der Waals surface area contributed by atoms with Crippen molar-refractivity contribution in [1.82, 2.24) is 5.32 Å². The van der Waals surface area contributed by atoms with Crippen LogP contribution in [0.4, 0.5) is 0 Å². The summed E-state index contributed by atoms with van der Waals surface area (Å²) in [6.45, 7) is 22.6. The molecule has 0 bridgehead atoms. The molecule has 92 valence electrons. The molecule has 1 heteroatoms. The molecule has 0 aliphatic carbocycles. The van der Waals surface area contributed by atoms with Crippen molar-refractivity contribution in [2.24, 2.45) is 5.41 Å². The van der Waals surface area contributed by atoms with Gasteiger partial charge in [0.15, 0.2) is 0 Å². The van der Waals surface area contributed by atoms with Crippen molar-refractivity contribution >= 4 is 0 Å². The van der Waals surface area contributed by atoms with E-state index in [1.165, 1.54) is 0 Å². The number of hydrogen-bond acceptors (Lipinski definition) is 1. The van der Waals surface area contributed by atoms with E-state index < -0.39 is 0 Å². The van der Waals surface area contributed by atoms with Crippen molar-refractivity contribution in [1.29, 1.82) is 0 Å². The monoisotopic (exact) mass is 213 g/mol. The summed E-state index contributed by atoms with van der Waals surface area (Å²) < 4.78 is 0. The lowest BCUT2D eigenvalue weighted by molar-refractivity contribution is 0.372. The Morgan fingerprint density at radius 2 is 1.67 bits per heavy atom. The van der Waals surface area contributed by atoms with E-state index in [0.29, 0.717) is 0 Å². The first-order chi connectivity index (χ1) is 6.75. The fraction of sp³-hybridized carbons (Fsp3) is 0.714. The first-order valence-electron chi connectivity index (χ1n) is 5.86. The maximum absolute atomic E-state index is 4.05. The van der Waals surface area contributed by atoms with E-state index in [2.05, 4.69) is 53.1 Å². The van der Waals surface area contributed by atoms with E-state index in [9.17, 15) is 0 Å². The highest BCUT2D eigenvalue weighted by atomic mass is 15.0. The molecule has 0 aromatic carbocycles. The number of nitrogens with one attached hydrogen (secondary N) is 1. The van der Waals surface area contributed by atoms with Gasteiger partial charge in [-0.15, -0.1) is 6.58 Å². The Balaban J connectivity index is -0.000000529. The van der Waals surface area contributed by atoms with Crippen molar-refractivity contribution in [2.45, 2.75) is 60.4 Å². The highest BCUT2D eigenvalue weighted by molar-refractivity contribution is 5.14. The predicted molar refractivity (Wildman–Crippen MR) is 74.1 cm³/mol. The van der Waals surface area contributed by atoms with Crippen LogP contribution in [0.25, 0.3) is 0 Å². The van der Waals surface area contributed by atoms with Crippen LogP contribution in [0.1, 0.15) is 56.3 Å². The lowest BCUT2D eigenvalue weighted by atomic mass is 9.88. The standard InChI is InChI=1S/C12H23N.C2H6.H2/c1-8-11(4,5)10(3)13-12(6,7)9-2;1-2;/h8,13H,1,3,9H2,2,4-7H3;1-2H3;1H. The molecule has 0 amide bonds. The average molecular weight is 213 g/mol. The lowest BCUT2D eigenvalue weighted by Gasteiger charge is -2.33. The van der Waals surface area contributed by atoms with Crippen LogP contribution in [-0.2, 0) is 0 Å². The predicted octanol–water partition coefficient (Wildman–Crippen LogP) is 4.76. The van der Waals surface area contributed by atoms with E-state index in [1.807, 2.05) is 19.9 Å². The second-order valence-electron chi connectivity index (χ2n) is 4.77. The van der Waals surface area contributed by atoms with Gasteiger partial charge in [0.25, 0.3) is 0 Å². The van der Waals surface area contributed by atoms with E-state index in [-0.39, 0.29) is 12.4 Å². The Morgan fingerprint density at radius 3 is 1.93 bits per heavy atom. The first kappa shape index (κ1) is 16.7. The minimum atomic E-state index is -0.0353. The molecule has 0 aromatic rings. The molecule has 0 aromatic heterocycles. The Kier molecular flexibility index (Phi) is 7.47.